The highest BCUT2D eigenvalue weighted by molar-refractivity contribution is 7.90. The molecule has 1 amide bonds. The monoisotopic (exact) mass is 413 g/mol. The Bertz CT molecular complexity index is 824. The van der Waals surface area contributed by atoms with Gasteiger partial charge in [-0.2, -0.15) is 4.99 Å². The highest BCUT2D eigenvalue weighted by Gasteiger charge is 2.38. The van der Waals surface area contributed by atoms with Gasteiger partial charge in [-0.3, -0.25) is 4.98 Å². The van der Waals surface area contributed by atoms with E-state index in [2.05, 4.69) is 20.5 Å². The number of amides is 1. The Kier molecular flexibility index (Phi) is 7.43. The van der Waals surface area contributed by atoms with Crippen molar-refractivity contribution < 1.29 is 23.1 Å². The summed E-state index contributed by atoms with van der Waals surface area (Å²) < 4.78 is 28.4. The van der Waals surface area contributed by atoms with Crippen LogP contribution in [-0.4, -0.2) is 60.5 Å². The Morgan fingerprint density at radius 3 is 2.89 bits per heavy atom. The number of carboxylic acid groups (broad SMARTS) is 1. The molecule has 0 aliphatic heterocycles. The van der Waals surface area contributed by atoms with E-state index in [1.54, 1.807) is 12.4 Å². The van der Waals surface area contributed by atoms with E-state index in [1.807, 2.05) is 13.0 Å². The Labute approximate surface area is 164 Å². The van der Waals surface area contributed by atoms with Crippen molar-refractivity contribution >= 4 is 39.0 Å². The molecule has 0 bridgehead atoms. The number of aromatic nitrogens is 1. The van der Waals surface area contributed by atoms with E-state index in [-0.39, 0.29) is 24.2 Å². The number of rotatable bonds is 7. The molecule has 10 heteroatoms. The van der Waals surface area contributed by atoms with E-state index in [1.165, 1.54) is 0 Å². The van der Waals surface area contributed by atoms with Crippen molar-refractivity contribution in [3.63, 3.8) is 0 Å². The molecule has 1 aromatic heterocycles. The van der Waals surface area contributed by atoms with Gasteiger partial charge in [-0.05, 0) is 48.5 Å². The van der Waals surface area contributed by atoms with Gasteiger partial charge in [-0.1, -0.05) is 6.92 Å². The van der Waals surface area contributed by atoms with Crippen LogP contribution in [0.15, 0.2) is 23.5 Å². The van der Waals surface area contributed by atoms with Crippen molar-refractivity contribution in [2.45, 2.75) is 37.8 Å². The molecular formula is C17H23N3O5S2. The van der Waals surface area contributed by atoms with Gasteiger partial charge in [0, 0.05) is 12.5 Å². The summed E-state index contributed by atoms with van der Waals surface area (Å²) in [6.07, 6.45) is 4.11. The largest absolute Gasteiger partial charge is 0.465 e. The molecule has 1 saturated carbocycles. The normalized spacial score (nSPS) is 25.4. The molecule has 27 heavy (non-hydrogen) atoms. The van der Waals surface area contributed by atoms with E-state index in [9.17, 15) is 18.3 Å². The lowest BCUT2D eigenvalue weighted by atomic mass is 9.74. The maximum absolute atomic E-state index is 11.3. The molecule has 0 saturated heterocycles. The van der Waals surface area contributed by atoms with Crippen LogP contribution in [-0.2, 0) is 14.6 Å². The van der Waals surface area contributed by atoms with E-state index in [0.717, 1.165) is 18.2 Å². The number of nitrogens with zero attached hydrogens (tertiary/aromatic N) is 2. The first-order valence-corrected chi connectivity index (χ1v) is 11.0. The molecule has 0 unspecified atom stereocenters. The number of sulfone groups is 1. The number of ether oxygens (including phenoxy) is 1. The number of aliphatic imine (C=N–C) groups is 1. The van der Waals surface area contributed by atoms with E-state index >= 15 is 0 Å². The highest BCUT2D eigenvalue weighted by Crippen LogP contribution is 2.40. The third-order valence-corrected chi connectivity index (χ3v) is 5.66. The molecule has 1 aromatic rings. The molecule has 2 N–H and O–H groups in total. The second-order valence-corrected chi connectivity index (χ2v) is 9.25. The fourth-order valence-corrected chi connectivity index (χ4v) is 4.07. The van der Waals surface area contributed by atoms with Crippen molar-refractivity contribution in [1.82, 2.24) is 10.3 Å². The van der Waals surface area contributed by atoms with Crippen LogP contribution in [0.25, 0.3) is 0 Å². The minimum atomic E-state index is -3.15. The second-order valence-electron chi connectivity index (χ2n) is 6.80. The number of carbonyl (C=O) groups is 1. The summed E-state index contributed by atoms with van der Waals surface area (Å²) in [5, 5.41) is 14.1. The first kappa shape index (κ1) is 21.4. The van der Waals surface area contributed by atoms with Crippen molar-refractivity contribution in [3.8, 4) is 0 Å². The first-order valence-electron chi connectivity index (χ1n) is 8.52. The molecule has 1 heterocycles. The van der Waals surface area contributed by atoms with E-state index in [4.69, 9.17) is 17.0 Å². The first-order chi connectivity index (χ1) is 12.7. The predicted octanol–water partition coefficient (Wildman–Crippen LogP) is 2.40. The molecule has 4 atom stereocenters. The average Bonchev–Trinajstić information content (AvgIpc) is 2.56. The Morgan fingerprint density at radius 1 is 1.52 bits per heavy atom. The van der Waals surface area contributed by atoms with Crippen molar-refractivity contribution in [3.05, 3.63) is 24.0 Å². The van der Waals surface area contributed by atoms with Gasteiger partial charge < -0.3 is 15.2 Å². The Balaban J connectivity index is 2.20. The van der Waals surface area contributed by atoms with Crippen molar-refractivity contribution in [2.75, 3.05) is 18.6 Å². The molecule has 0 spiro atoms. The smallest absolute Gasteiger partial charge is 0.404 e. The maximum Gasteiger partial charge on any atom is 0.404 e. The van der Waals surface area contributed by atoms with Gasteiger partial charge >= 0.3 is 6.09 Å². The molecule has 1 aliphatic rings. The molecule has 148 valence electrons. The minimum absolute atomic E-state index is 0.0117. The predicted molar refractivity (Wildman–Crippen MR) is 104 cm³/mol. The van der Waals surface area contributed by atoms with Crippen LogP contribution >= 0.6 is 12.2 Å². The van der Waals surface area contributed by atoms with Gasteiger partial charge in [0.1, 0.15) is 9.84 Å². The minimum Gasteiger partial charge on any atom is -0.465 e. The number of hydrogen-bond acceptors (Lipinski definition) is 7. The van der Waals surface area contributed by atoms with Crippen LogP contribution in [0.1, 0.15) is 31.2 Å². The summed E-state index contributed by atoms with van der Waals surface area (Å²) in [5.74, 6) is -0.0496. The van der Waals surface area contributed by atoms with Crippen LogP contribution in [0.3, 0.4) is 0 Å². The lowest BCUT2D eigenvalue weighted by molar-refractivity contribution is -0.0237. The molecule has 2 rings (SSSR count). The van der Waals surface area contributed by atoms with Crippen molar-refractivity contribution in [2.24, 2.45) is 10.9 Å². The summed E-state index contributed by atoms with van der Waals surface area (Å²) in [5.41, 5.74) is 1.55. The van der Waals surface area contributed by atoms with Crippen LogP contribution in [0.2, 0.25) is 0 Å². The molecule has 1 fully saturated rings. The lowest BCUT2D eigenvalue weighted by Gasteiger charge is -2.40. The second kappa shape index (κ2) is 9.36. The number of pyridine rings is 1. The van der Waals surface area contributed by atoms with Crippen LogP contribution in [0, 0.1) is 5.92 Å². The summed E-state index contributed by atoms with van der Waals surface area (Å²) in [4.78, 5) is 19.4. The zero-order chi connectivity index (χ0) is 20.0. The third-order valence-electron chi connectivity index (χ3n) is 4.66. The lowest BCUT2D eigenvalue weighted by Crippen LogP contribution is -2.51. The summed E-state index contributed by atoms with van der Waals surface area (Å²) in [6.45, 7) is 2.00. The third kappa shape index (κ3) is 6.35. The summed E-state index contributed by atoms with van der Waals surface area (Å²) >= 11 is 4.69. The zero-order valence-corrected chi connectivity index (χ0v) is 16.8. The molecular weight excluding hydrogens is 390 g/mol. The fraction of sp³-hybridized carbons (Fsp3) is 0.588. The molecule has 8 nitrogen and oxygen atoms in total. The number of thiocarbonyl (C=S) groups is 1. The molecule has 0 radical (unpaired) electrons. The van der Waals surface area contributed by atoms with Crippen LogP contribution < -0.4 is 5.32 Å². The van der Waals surface area contributed by atoms with Gasteiger partial charge in [-0.25, -0.2) is 13.2 Å². The van der Waals surface area contributed by atoms with Crippen LogP contribution in [0.4, 0.5) is 10.5 Å². The molecule has 0 aromatic carbocycles. The van der Waals surface area contributed by atoms with Gasteiger partial charge in [0.15, 0.2) is 0 Å². The quantitative estimate of drug-likeness (QED) is 0.520. The Hall–Kier alpha value is -1.87. The van der Waals surface area contributed by atoms with E-state index in [0.29, 0.717) is 12.1 Å². The topological polar surface area (TPSA) is 118 Å². The zero-order valence-electron chi connectivity index (χ0n) is 15.2. The van der Waals surface area contributed by atoms with E-state index < -0.39 is 28.1 Å². The average molecular weight is 414 g/mol. The van der Waals surface area contributed by atoms with Gasteiger partial charge in [-0.15, -0.1) is 0 Å². The van der Waals surface area contributed by atoms with Gasteiger partial charge in [0.25, 0.3) is 0 Å². The number of hydrogen-bond donors (Lipinski definition) is 2. The number of nitrogens with one attached hydrogen (secondary N) is 1. The standard InChI is InChI=1S/C17H23N3O5S2/c1-11-7-12(13-3-4-18-9-15(13)19-10-26)8-14(20-17(21)22)16(11)25-5-6-27(2,23)24/h3-4,9,11-12,14,16,20H,5-8H2,1-2H3,(H,21,22)/t11-,12+,14+,16-/m0/s1. The Morgan fingerprint density at radius 2 is 2.26 bits per heavy atom. The highest BCUT2D eigenvalue weighted by atomic mass is 32.2. The molecule has 1 aliphatic carbocycles. The fourth-order valence-electron chi connectivity index (χ4n) is 3.57. The van der Waals surface area contributed by atoms with Gasteiger partial charge in [0.05, 0.1) is 41.6 Å². The van der Waals surface area contributed by atoms with Crippen LogP contribution in [0.5, 0.6) is 0 Å². The SMILES string of the molecule is C[C@H]1C[C@@H](c2ccncc2N=C=S)C[C@@H](NC(=O)O)[C@H]1OCCS(C)(=O)=O. The summed E-state index contributed by atoms with van der Waals surface area (Å²) in [6, 6.07) is 1.39. The maximum atomic E-state index is 11.3. The van der Waals surface area contributed by atoms with Gasteiger partial charge in [0.2, 0.25) is 0 Å². The van der Waals surface area contributed by atoms with Crippen molar-refractivity contribution in [1.29, 1.82) is 0 Å². The number of isothiocyanates is 1. The summed E-state index contributed by atoms with van der Waals surface area (Å²) in [7, 11) is -3.15.